The van der Waals surface area contributed by atoms with Crippen LogP contribution in [0, 0.1) is 13.8 Å². The van der Waals surface area contributed by atoms with Crippen LogP contribution in [0.25, 0.3) is 6.08 Å². The molecule has 0 heterocycles. The van der Waals surface area contributed by atoms with Crippen molar-refractivity contribution in [3.63, 3.8) is 0 Å². The van der Waals surface area contributed by atoms with E-state index in [2.05, 4.69) is 26.6 Å². The lowest BCUT2D eigenvalue weighted by Crippen LogP contribution is -2.32. The van der Waals surface area contributed by atoms with Gasteiger partial charge in [0, 0.05) is 16.2 Å². The number of para-hydroxylation sites is 1. The quantitative estimate of drug-likeness (QED) is 0.767. The standard InChI is InChI=1S/C19H19BrN2O2/c1-13-6-5-7-14(2)19(13)22-18(24)12-21-17(23)11-10-15-8-3-4-9-16(15)20/h3-11H,12H2,1-2H3,(H,21,23)(H,22,24)/b11-10+. The molecule has 5 heteroatoms. The van der Waals surface area contributed by atoms with Crippen LogP contribution in [-0.4, -0.2) is 18.4 Å². The van der Waals surface area contributed by atoms with Crippen LogP contribution in [0.1, 0.15) is 16.7 Å². The number of halogens is 1. The van der Waals surface area contributed by atoms with Crippen molar-refractivity contribution in [2.75, 3.05) is 11.9 Å². The first-order chi connectivity index (χ1) is 11.5. The van der Waals surface area contributed by atoms with E-state index in [0.717, 1.165) is 26.9 Å². The molecular weight excluding hydrogens is 368 g/mol. The molecule has 2 aromatic rings. The lowest BCUT2D eigenvalue weighted by atomic mass is 10.1. The topological polar surface area (TPSA) is 58.2 Å². The smallest absolute Gasteiger partial charge is 0.244 e. The van der Waals surface area contributed by atoms with E-state index in [9.17, 15) is 9.59 Å². The molecule has 0 aromatic heterocycles. The zero-order chi connectivity index (χ0) is 17.5. The molecule has 2 rings (SSSR count). The van der Waals surface area contributed by atoms with Gasteiger partial charge in [-0.05, 0) is 42.7 Å². The maximum atomic E-state index is 12.0. The first-order valence-corrected chi connectivity index (χ1v) is 8.33. The fourth-order valence-electron chi connectivity index (χ4n) is 2.20. The molecule has 0 aliphatic rings. The second-order valence-electron chi connectivity index (χ2n) is 5.39. The molecule has 2 N–H and O–H groups in total. The lowest BCUT2D eigenvalue weighted by molar-refractivity contribution is -0.121. The van der Waals surface area contributed by atoms with Crippen molar-refractivity contribution in [1.82, 2.24) is 5.32 Å². The Kier molecular flexibility index (Phi) is 6.32. The molecule has 0 unspecified atom stereocenters. The number of rotatable bonds is 5. The maximum Gasteiger partial charge on any atom is 0.244 e. The molecule has 0 saturated heterocycles. The van der Waals surface area contributed by atoms with Crippen LogP contribution < -0.4 is 10.6 Å². The molecular formula is C19H19BrN2O2. The Bertz CT molecular complexity index is 764. The van der Waals surface area contributed by atoms with Gasteiger partial charge in [0.15, 0.2) is 0 Å². The van der Waals surface area contributed by atoms with E-state index in [1.165, 1.54) is 6.08 Å². The summed E-state index contributed by atoms with van der Waals surface area (Å²) < 4.78 is 0.904. The third-order valence-corrected chi connectivity index (χ3v) is 4.21. The third kappa shape index (κ3) is 5.06. The summed E-state index contributed by atoms with van der Waals surface area (Å²) in [4.78, 5) is 23.8. The predicted molar refractivity (Wildman–Crippen MR) is 101 cm³/mol. The highest BCUT2D eigenvalue weighted by atomic mass is 79.9. The van der Waals surface area contributed by atoms with Crippen molar-refractivity contribution in [3.05, 3.63) is 69.7 Å². The number of amides is 2. The second kappa shape index (κ2) is 8.45. The molecule has 0 bridgehead atoms. The largest absolute Gasteiger partial charge is 0.343 e. The minimum absolute atomic E-state index is 0.0765. The Balaban J connectivity index is 1.88. The van der Waals surface area contributed by atoms with E-state index < -0.39 is 0 Å². The molecule has 0 aliphatic heterocycles. The van der Waals surface area contributed by atoms with Crippen LogP contribution >= 0.6 is 15.9 Å². The van der Waals surface area contributed by atoms with Gasteiger partial charge in [0.05, 0.1) is 6.54 Å². The van der Waals surface area contributed by atoms with Crippen LogP contribution in [-0.2, 0) is 9.59 Å². The number of nitrogens with one attached hydrogen (secondary N) is 2. The molecule has 0 aliphatic carbocycles. The summed E-state index contributed by atoms with van der Waals surface area (Å²) in [6, 6.07) is 13.4. The summed E-state index contributed by atoms with van der Waals surface area (Å²) in [5.41, 5.74) is 3.67. The maximum absolute atomic E-state index is 12.0. The fraction of sp³-hybridized carbons (Fsp3) is 0.158. The molecule has 0 saturated carbocycles. The van der Waals surface area contributed by atoms with Gasteiger partial charge in [-0.3, -0.25) is 9.59 Å². The number of carbonyl (C=O) groups is 2. The van der Waals surface area contributed by atoms with Crippen molar-refractivity contribution in [2.45, 2.75) is 13.8 Å². The van der Waals surface area contributed by atoms with Crippen molar-refractivity contribution in [2.24, 2.45) is 0 Å². The van der Waals surface area contributed by atoms with Gasteiger partial charge in [0.2, 0.25) is 11.8 Å². The number of benzene rings is 2. The van der Waals surface area contributed by atoms with E-state index in [0.29, 0.717) is 0 Å². The molecule has 4 nitrogen and oxygen atoms in total. The summed E-state index contributed by atoms with van der Waals surface area (Å²) in [5.74, 6) is -0.572. The number of anilines is 1. The van der Waals surface area contributed by atoms with Gasteiger partial charge >= 0.3 is 0 Å². The van der Waals surface area contributed by atoms with E-state index >= 15 is 0 Å². The summed E-state index contributed by atoms with van der Waals surface area (Å²) in [7, 11) is 0. The first kappa shape index (κ1) is 17.9. The number of hydrogen-bond acceptors (Lipinski definition) is 2. The number of carbonyl (C=O) groups excluding carboxylic acids is 2. The highest BCUT2D eigenvalue weighted by molar-refractivity contribution is 9.10. The normalized spacial score (nSPS) is 10.6. The Morgan fingerprint density at radius 1 is 1.04 bits per heavy atom. The lowest BCUT2D eigenvalue weighted by Gasteiger charge is -2.11. The van der Waals surface area contributed by atoms with Gasteiger partial charge in [-0.1, -0.05) is 52.3 Å². The zero-order valence-corrected chi connectivity index (χ0v) is 15.2. The molecule has 124 valence electrons. The average Bonchev–Trinajstić information content (AvgIpc) is 2.56. The van der Waals surface area contributed by atoms with Crippen LogP contribution in [0.15, 0.2) is 53.0 Å². The van der Waals surface area contributed by atoms with Crippen LogP contribution in [0.5, 0.6) is 0 Å². The average molecular weight is 387 g/mol. The Hall–Kier alpha value is -2.40. The van der Waals surface area contributed by atoms with Gasteiger partial charge < -0.3 is 10.6 Å². The molecule has 0 radical (unpaired) electrons. The highest BCUT2D eigenvalue weighted by Crippen LogP contribution is 2.19. The van der Waals surface area contributed by atoms with E-state index in [1.807, 2.05) is 56.3 Å². The Morgan fingerprint density at radius 2 is 1.71 bits per heavy atom. The molecule has 24 heavy (non-hydrogen) atoms. The summed E-state index contributed by atoms with van der Waals surface area (Å²) in [5, 5.41) is 5.41. The zero-order valence-electron chi connectivity index (χ0n) is 13.6. The van der Waals surface area contributed by atoms with Gasteiger partial charge in [0.25, 0.3) is 0 Å². The van der Waals surface area contributed by atoms with Gasteiger partial charge in [-0.15, -0.1) is 0 Å². The third-order valence-electron chi connectivity index (χ3n) is 3.49. The van der Waals surface area contributed by atoms with Gasteiger partial charge in [-0.2, -0.15) is 0 Å². The second-order valence-corrected chi connectivity index (χ2v) is 6.24. The summed E-state index contributed by atoms with van der Waals surface area (Å²) in [6.07, 6.45) is 3.11. The summed E-state index contributed by atoms with van der Waals surface area (Å²) in [6.45, 7) is 3.79. The van der Waals surface area contributed by atoms with E-state index in [4.69, 9.17) is 0 Å². The first-order valence-electron chi connectivity index (χ1n) is 7.54. The van der Waals surface area contributed by atoms with E-state index in [1.54, 1.807) is 6.08 Å². The molecule has 0 fully saturated rings. The van der Waals surface area contributed by atoms with Crippen LogP contribution in [0.3, 0.4) is 0 Å². The minimum Gasteiger partial charge on any atom is -0.343 e. The fourth-order valence-corrected chi connectivity index (χ4v) is 2.61. The molecule has 0 atom stereocenters. The highest BCUT2D eigenvalue weighted by Gasteiger charge is 2.08. The number of hydrogen-bond donors (Lipinski definition) is 2. The predicted octanol–water partition coefficient (Wildman–Crippen LogP) is 3.83. The van der Waals surface area contributed by atoms with Gasteiger partial charge in [-0.25, -0.2) is 0 Å². The Labute approximate surface area is 150 Å². The van der Waals surface area contributed by atoms with Crippen LogP contribution in [0.2, 0.25) is 0 Å². The van der Waals surface area contributed by atoms with E-state index in [-0.39, 0.29) is 18.4 Å². The minimum atomic E-state index is -0.317. The molecule has 2 aromatic carbocycles. The Morgan fingerprint density at radius 3 is 2.38 bits per heavy atom. The van der Waals surface area contributed by atoms with Crippen molar-refractivity contribution < 1.29 is 9.59 Å². The van der Waals surface area contributed by atoms with Crippen molar-refractivity contribution in [1.29, 1.82) is 0 Å². The SMILES string of the molecule is Cc1cccc(C)c1NC(=O)CNC(=O)/C=C/c1ccccc1Br. The molecule has 0 spiro atoms. The van der Waals surface area contributed by atoms with Crippen molar-refractivity contribution in [3.8, 4) is 0 Å². The van der Waals surface area contributed by atoms with Crippen LogP contribution in [0.4, 0.5) is 5.69 Å². The number of aryl methyl sites for hydroxylation is 2. The monoisotopic (exact) mass is 386 g/mol. The molecule has 2 amide bonds. The summed E-state index contributed by atoms with van der Waals surface area (Å²) >= 11 is 3.41. The van der Waals surface area contributed by atoms with Gasteiger partial charge in [0.1, 0.15) is 0 Å². The van der Waals surface area contributed by atoms with Crippen molar-refractivity contribution >= 4 is 39.5 Å².